The van der Waals surface area contributed by atoms with Gasteiger partial charge in [-0.2, -0.15) is 0 Å². The van der Waals surface area contributed by atoms with Gasteiger partial charge in [0.1, 0.15) is 5.75 Å². The number of likely N-dealkylation sites (tertiary alicyclic amines) is 1. The smallest absolute Gasteiger partial charge is 0.228 e. The molecule has 0 radical (unpaired) electrons. The normalized spacial score (nSPS) is 24.6. The summed E-state index contributed by atoms with van der Waals surface area (Å²) >= 11 is 0. The average molecular weight is 373 g/mol. The SMILES string of the molecule is CCN1C(=O)CC[C@@H](C(=O)N2CCCN(C)CC2)[C@@H]1c1cccc(OC)c1. The molecular weight excluding hydrogens is 342 g/mol. The summed E-state index contributed by atoms with van der Waals surface area (Å²) in [6, 6.07) is 7.57. The molecule has 1 aromatic carbocycles. The topological polar surface area (TPSA) is 53.1 Å². The van der Waals surface area contributed by atoms with E-state index in [4.69, 9.17) is 4.74 Å². The van der Waals surface area contributed by atoms with Gasteiger partial charge in [-0.25, -0.2) is 0 Å². The summed E-state index contributed by atoms with van der Waals surface area (Å²) < 4.78 is 5.38. The molecular formula is C21H31N3O3. The predicted octanol–water partition coefficient (Wildman–Crippen LogP) is 2.16. The molecule has 0 N–H and O–H groups in total. The summed E-state index contributed by atoms with van der Waals surface area (Å²) in [5.41, 5.74) is 0.981. The Labute approximate surface area is 162 Å². The first kappa shape index (κ1) is 19.7. The first-order valence-electron chi connectivity index (χ1n) is 9.96. The average Bonchev–Trinajstić information content (AvgIpc) is 2.91. The lowest BCUT2D eigenvalue weighted by atomic mass is 9.83. The van der Waals surface area contributed by atoms with Crippen LogP contribution < -0.4 is 4.74 Å². The van der Waals surface area contributed by atoms with Crippen molar-refractivity contribution >= 4 is 11.8 Å². The number of rotatable bonds is 4. The van der Waals surface area contributed by atoms with Crippen LogP contribution in [-0.2, 0) is 9.59 Å². The molecule has 0 aliphatic carbocycles. The van der Waals surface area contributed by atoms with Crippen LogP contribution in [0.15, 0.2) is 24.3 Å². The van der Waals surface area contributed by atoms with Crippen LogP contribution in [0.1, 0.15) is 37.8 Å². The molecule has 2 saturated heterocycles. The van der Waals surface area contributed by atoms with Gasteiger partial charge in [0.15, 0.2) is 0 Å². The molecule has 0 aromatic heterocycles. The maximum atomic E-state index is 13.5. The Morgan fingerprint density at radius 3 is 2.78 bits per heavy atom. The highest BCUT2D eigenvalue weighted by molar-refractivity contribution is 5.85. The van der Waals surface area contributed by atoms with E-state index in [1.807, 2.05) is 41.0 Å². The third kappa shape index (κ3) is 4.26. The Balaban J connectivity index is 1.90. The van der Waals surface area contributed by atoms with Crippen molar-refractivity contribution in [3.63, 3.8) is 0 Å². The zero-order valence-corrected chi connectivity index (χ0v) is 16.7. The van der Waals surface area contributed by atoms with Crippen LogP contribution in [0.5, 0.6) is 5.75 Å². The van der Waals surface area contributed by atoms with Crippen LogP contribution in [0.4, 0.5) is 0 Å². The molecule has 2 atom stereocenters. The minimum atomic E-state index is -0.222. The molecule has 27 heavy (non-hydrogen) atoms. The van der Waals surface area contributed by atoms with E-state index in [0.717, 1.165) is 43.9 Å². The molecule has 0 saturated carbocycles. The summed E-state index contributed by atoms with van der Waals surface area (Å²) in [5.74, 6) is 0.872. The summed E-state index contributed by atoms with van der Waals surface area (Å²) in [6.45, 7) is 6.07. The van der Waals surface area contributed by atoms with Crippen molar-refractivity contribution in [2.75, 3.05) is 46.9 Å². The highest BCUT2D eigenvalue weighted by Crippen LogP contribution is 2.38. The quantitative estimate of drug-likeness (QED) is 0.812. The molecule has 2 aliphatic heterocycles. The van der Waals surface area contributed by atoms with Gasteiger partial charge < -0.3 is 19.4 Å². The van der Waals surface area contributed by atoms with Gasteiger partial charge in [-0.05, 0) is 51.1 Å². The molecule has 3 rings (SSSR count). The zero-order valence-electron chi connectivity index (χ0n) is 16.7. The van der Waals surface area contributed by atoms with E-state index in [1.54, 1.807) is 7.11 Å². The Hall–Kier alpha value is -2.08. The Kier molecular flexibility index (Phi) is 6.37. The fraction of sp³-hybridized carbons (Fsp3) is 0.619. The Morgan fingerprint density at radius 1 is 1.22 bits per heavy atom. The summed E-state index contributed by atoms with van der Waals surface area (Å²) in [6.07, 6.45) is 2.05. The minimum Gasteiger partial charge on any atom is -0.497 e. The lowest BCUT2D eigenvalue weighted by Crippen LogP contribution is -2.49. The number of methoxy groups -OCH3 is 1. The van der Waals surface area contributed by atoms with Crippen LogP contribution in [0, 0.1) is 5.92 Å². The second-order valence-electron chi connectivity index (χ2n) is 7.53. The highest BCUT2D eigenvalue weighted by Gasteiger charge is 2.41. The molecule has 0 bridgehead atoms. The van der Waals surface area contributed by atoms with Crippen LogP contribution in [-0.4, -0.2) is 73.4 Å². The van der Waals surface area contributed by atoms with Gasteiger partial charge in [0.2, 0.25) is 11.8 Å². The molecule has 0 unspecified atom stereocenters. The predicted molar refractivity (Wildman–Crippen MR) is 105 cm³/mol. The second kappa shape index (κ2) is 8.74. The van der Waals surface area contributed by atoms with Crippen molar-refractivity contribution in [2.24, 2.45) is 5.92 Å². The van der Waals surface area contributed by atoms with E-state index >= 15 is 0 Å². The lowest BCUT2D eigenvalue weighted by Gasteiger charge is -2.42. The van der Waals surface area contributed by atoms with Gasteiger partial charge in [-0.3, -0.25) is 9.59 Å². The number of amides is 2. The minimum absolute atomic E-state index is 0.130. The van der Waals surface area contributed by atoms with Gasteiger partial charge >= 0.3 is 0 Å². The first-order valence-corrected chi connectivity index (χ1v) is 9.96. The maximum absolute atomic E-state index is 13.5. The molecule has 6 heteroatoms. The summed E-state index contributed by atoms with van der Waals surface area (Å²) in [4.78, 5) is 32.2. The van der Waals surface area contributed by atoms with E-state index in [0.29, 0.717) is 19.4 Å². The van der Waals surface area contributed by atoms with Crippen LogP contribution in [0.2, 0.25) is 0 Å². The van der Waals surface area contributed by atoms with Crippen molar-refractivity contribution in [3.05, 3.63) is 29.8 Å². The molecule has 148 valence electrons. The van der Waals surface area contributed by atoms with Gasteiger partial charge in [-0.15, -0.1) is 0 Å². The Morgan fingerprint density at radius 2 is 2.04 bits per heavy atom. The molecule has 6 nitrogen and oxygen atoms in total. The van der Waals surface area contributed by atoms with Crippen molar-refractivity contribution < 1.29 is 14.3 Å². The summed E-state index contributed by atoms with van der Waals surface area (Å²) in [7, 11) is 3.74. The van der Waals surface area contributed by atoms with E-state index in [-0.39, 0.29) is 23.8 Å². The standard InChI is InChI=1S/C21H31N3O3/c1-4-24-19(25)10-9-18(20(24)16-7-5-8-17(15-16)27-3)21(26)23-12-6-11-22(2)13-14-23/h5,7-8,15,18,20H,4,6,9-14H2,1-3H3/t18-,20+/m1/s1. The third-order valence-corrected chi connectivity index (χ3v) is 5.83. The summed E-state index contributed by atoms with van der Waals surface area (Å²) in [5, 5.41) is 0. The fourth-order valence-electron chi connectivity index (χ4n) is 4.32. The lowest BCUT2D eigenvalue weighted by molar-refractivity contribution is -0.147. The van der Waals surface area contributed by atoms with Crippen molar-refractivity contribution in [1.82, 2.24) is 14.7 Å². The van der Waals surface area contributed by atoms with Gasteiger partial charge in [0.05, 0.1) is 19.1 Å². The van der Waals surface area contributed by atoms with E-state index in [2.05, 4.69) is 11.9 Å². The van der Waals surface area contributed by atoms with Crippen molar-refractivity contribution in [1.29, 1.82) is 0 Å². The van der Waals surface area contributed by atoms with Gasteiger partial charge in [0, 0.05) is 32.6 Å². The number of ether oxygens (including phenoxy) is 1. The maximum Gasteiger partial charge on any atom is 0.228 e. The van der Waals surface area contributed by atoms with E-state index in [1.165, 1.54) is 0 Å². The molecule has 2 fully saturated rings. The molecule has 2 amide bonds. The number of carbonyl (C=O) groups is 2. The number of piperidine rings is 1. The number of hydrogen-bond acceptors (Lipinski definition) is 4. The molecule has 1 aromatic rings. The Bertz CT molecular complexity index is 678. The highest BCUT2D eigenvalue weighted by atomic mass is 16.5. The monoisotopic (exact) mass is 373 g/mol. The van der Waals surface area contributed by atoms with E-state index in [9.17, 15) is 9.59 Å². The van der Waals surface area contributed by atoms with Crippen molar-refractivity contribution in [2.45, 2.75) is 32.2 Å². The second-order valence-corrected chi connectivity index (χ2v) is 7.53. The molecule has 2 aliphatic rings. The van der Waals surface area contributed by atoms with Crippen LogP contribution >= 0.6 is 0 Å². The number of carbonyl (C=O) groups excluding carboxylic acids is 2. The molecule has 2 heterocycles. The third-order valence-electron chi connectivity index (χ3n) is 5.83. The van der Waals surface area contributed by atoms with Crippen LogP contribution in [0.3, 0.4) is 0 Å². The first-order chi connectivity index (χ1) is 13.0. The van der Waals surface area contributed by atoms with E-state index < -0.39 is 0 Å². The number of nitrogens with zero attached hydrogens (tertiary/aromatic N) is 3. The largest absolute Gasteiger partial charge is 0.497 e. The number of benzene rings is 1. The van der Waals surface area contributed by atoms with Gasteiger partial charge in [0.25, 0.3) is 0 Å². The van der Waals surface area contributed by atoms with Gasteiger partial charge in [-0.1, -0.05) is 12.1 Å². The fourth-order valence-corrected chi connectivity index (χ4v) is 4.32. The van der Waals surface area contributed by atoms with Crippen molar-refractivity contribution in [3.8, 4) is 5.75 Å². The zero-order chi connectivity index (χ0) is 19.4. The number of likely N-dealkylation sites (N-methyl/N-ethyl adjacent to an activating group) is 1. The molecule has 0 spiro atoms. The van der Waals surface area contributed by atoms with Crippen LogP contribution in [0.25, 0.3) is 0 Å². The number of hydrogen-bond donors (Lipinski definition) is 0.